The first-order chi connectivity index (χ1) is 12.4. The molecular weight excluding hydrogens is 367 g/mol. The number of esters is 1. The quantitative estimate of drug-likeness (QED) is 0.682. The van der Waals surface area contributed by atoms with Gasteiger partial charge in [-0.3, -0.25) is 14.2 Å². The highest BCUT2D eigenvalue weighted by Crippen LogP contribution is 2.24. The van der Waals surface area contributed by atoms with E-state index >= 15 is 0 Å². The highest BCUT2D eigenvalue weighted by Gasteiger charge is 2.22. The minimum absolute atomic E-state index is 0.0921. The zero-order valence-corrected chi connectivity index (χ0v) is 14.6. The summed E-state index contributed by atoms with van der Waals surface area (Å²) in [5, 5.41) is 10.3. The van der Waals surface area contributed by atoms with Gasteiger partial charge in [0.2, 0.25) is 0 Å². The minimum atomic E-state index is -0.754. The number of carbonyl (C=O) groups is 1. The Morgan fingerprint density at radius 2 is 2.23 bits per heavy atom. The van der Waals surface area contributed by atoms with E-state index in [0.717, 1.165) is 6.07 Å². The van der Waals surface area contributed by atoms with Gasteiger partial charge in [-0.1, -0.05) is 16.8 Å². The van der Waals surface area contributed by atoms with Crippen LogP contribution in [0.5, 0.6) is 0 Å². The van der Waals surface area contributed by atoms with Crippen molar-refractivity contribution in [2.75, 3.05) is 6.61 Å². The molecular formula is C16H14ClFN4O4. The van der Waals surface area contributed by atoms with E-state index in [1.807, 2.05) is 0 Å². The first kappa shape index (κ1) is 17.9. The molecule has 0 aliphatic carbocycles. The molecule has 0 saturated carbocycles. The van der Waals surface area contributed by atoms with Crippen molar-refractivity contribution < 1.29 is 18.4 Å². The highest BCUT2D eigenvalue weighted by molar-refractivity contribution is 6.31. The maximum absolute atomic E-state index is 13.4. The van der Waals surface area contributed by atoms with E-state index in [9.17, 15) is 14.0 Å². The third-order valence-corrected chi connectivity index (χ3v) is 3.96. The Bertz CT molecular complexity index is 1020. The summed E-state index contributed by atoms with van der Waals surface area (Å²) < 4.78 is 24.3. The van der Waals surface area contributed by atoms with Gasteiger partial charge in [0.05, 0.1) is 23.9 Å². The Hall–Kier alpha value is -2.94. The number of H-pyrrole nitrogens is 1. The van der Waals surface area contributed by atoms with Crippen LogP contribution >= 0.6 is 11.6 Å². The third kappa shape index (κ3) is 3.25. The number of nitrogens with zero attached hydrogens (tertiary/aromatic N) is 3. The van der Waals surface area contributed by atoms with Crippen LogP contribution in [-0.2, 0) is 11.3 Å². The molecule has 3 rings (SSSR count). The monoisotopic (exact) mass is 380 g/mol. The molecule has 0 fully saturated rings. The summed E-state index contributed by atoms with van der Waals surface area (Å²) in [7, 11) is 0. The van der Waals surface area contributed by atoms with Crippen LogP contribution in [-0.4, -0.2) is 32.5 Å². The van der Waals surface area contributed by atoms with Gasteiger partial charge in [0.25, 0.3) is 0 Å². The summed E-state index contributed by atoms with van der Waals surface area (Å²) in [6.07, 6.45) is 0. The molecule has 1 N–H and O–H groups in total. The largest absolute Gasteiger partial charge is 0.462 e. The smallest absolute Gasteiger partial charge is 0.442 e. The van der Waals surface area contributed by atoms with Crippen molar-refractivity contribution in [3.63, 3.8) is 0 Å². The van der Waals surface area contributed by atoms with Gasteiger partial charge in [0.15, 0.2) is 5.82 Å². The highest BCUT2D eigenvalue weighted by atomic mass is 35.5. The van der Waals surface area contributed by atoms with Crippen LogP contribution in [0.2, 0.25) is 5.02 Å². The summed E-state index contributed by atoms with van der Waals surface area (Å²) in [6.45, 7) is 3.47. The lowest BCUT2D eigenvalue weighted by Crippen LogP contribution is -2.19. The predicted molar refractivity (Wildman–Crippen MR) is 89.6 cm³/mol. The van der Waals surface area contributed by atoms with E-state index in [2.05, 4.69) is 15.4 Å². The molecule has 3 aromatic rings. The van der Waals surface area contributed by atoms with Gasteiger partial charge in [0, 0.05) is 11.3 Å². The minimum Gasteiger partial charge on any atom is -0.462 e. The summed E-state index contributed by atoms with van der Waals surface area (Å²) in [5.41, 5.74) is 1.42. The number of rotatable bonds is 5. The van der Waals surface area contributed by atoms with Gasteiger partial charge in [-0.2, -0.15) is 5.10 Å². The van der Waals surface area contributed by atoms with Crippen LogP contribution in [0.25, 0.3) is 11.4 Å². The number of halogens is 2. The fourth-order valence-corrected chi connectivity index (χ4v) is 2.65. The number of carbonyl (C=O) groups excluding carboxylic acids is 1. The predicted octanol–water partition coefficient (Wildman–Crippen LogP) is 2.55. The normalized spacial score (nSPS) is 10.9. The van der Waals surface area contributed by atoms with E-state index in [1.165, 1.54) is 16.7 Å². The average Bonchev–Trinajstić information content (AvgIpc) is 3.14. The zero-order valence-electron chi connectivity index (χ0n) is 13.9. The first-order valence-corrected chi connectivity index (χ1v) is 8.03. The second-order valence-corrected chi connectivity index (χ2v) is 5.79. The molecule has 0 aliphatic rings. The van der Waals surface area contributed by atoms with E-state index < -0.39 is 17.5 Å². The van der Waals surface area contributed by atoms with Crippen LogP contribution < -0.4 is 5.76 Å². The van der Waals surface area contributed by atoms with Crippen molar-refractivity contribution in [1.29, 1.82) is 0 Å². The molecule has 0 aliphatic heterocycles. The molecule has 0 bridgehead atoms. The number of benzene rings is 1. The number of aromatic nitrogens is 4. The summed E-state index contributed by atoms with van der Waals surface area (Å²) in [5.74, 6) is -1.77. The maximum Gasteiger partial charge on any atom is 0.442 e. The lowest BCUT2D eigenvalue weighted by atomic mass is 10.1. The van der Waals surface area contributed by atoms with E-state index in [1.54, 1.807) is 13.8 Å². The fraction of sp³-hybridized carbons (Fsp3) is 0.250. The summed E-state index contributed by atoms with van der Waals surface area (Å²) in [6, 6.07) is 3.90. The number of hydrogen-bond acceptors (Lipinski definition) is 6. The molecule has 2 heterocycles. The first-order valence-electron chi connectivity index (χ1n) is 7.65. The molecule has 10 heteroatoms. The SMILES string of the molecule is CCOC(=O)c1c(Cn2c(-c3ccc(F)c(Cl)c3)noc2=O)n[nH]c1C. The van der Waals surface area contributed by atoms with Gasteiger partial charge >= 0.3 is 11.7 Å². The van der Waals surface area contributed by atoms with Crippen LogP contribution in [0.4, 0.5) is 4.39 Å². The van der Waals surface area contributed by atoms with E-state index in [-0.39, 0.29) is 29.6 Å². The number of aryl methyl sites for hydroxylation is 1. The number of aromatic amines is 1. The molecule has 0 atom stereocenters. The summed E-state index contributed by atoms with van der Waals surface area (Å²) >= 11 is 5.79. The van der Waals surface area contributed by atoms with Crippen molar-refractivity contribution in [2.24, 2.45) is 0 Å². The van der Waals surface area contributed by atoms with Crippen molar-refractivity contribution >= 4 is 17.6 Å². The van der Waals surface area contributed by atoms with Gasteiger partial charge in [-0.25, -0.2) is 14.0 Å². The van der Waals surface area contributed by atoms with Gasteiger partial charge in [0.1, 0.15) is 11.4 Å². The van der Waals surface area contributed by atoms with Crippen molar-refractivity contribution in [2.45, 2.75) is 20.4 Å². The molecule has 136 valence electrons. The third-order valence-electron chi connectivity index (χ3n) is 3.67. The van der Waals surface area contributed by atoms with E-state index in [0.29, 0.717) is 17.0 Å². The molecule has 0 unspecified atom stereocenters. The standard InChI is InChI=1S/C16H14ClFN4O4/c1-3-25-15(23)13-8(2)19-20-12(13)7-22-14(21-26-16(22)24)9-4-5-11(18)10(17)6-9/h4-6H,3,7H2,1-2H3,(H,19,20). The Morgan fingerprint density at radius 1 is 1.46 bits per heavy atom. The molecule has 0 radical (unpaired) electrons. The Labute approximate surface area is 151 Å². The Morgan fingerprint density at radius 3 is 2.92 bits per heavy atom. The molecule has 26 heavy (non-hydrogen) atoms. The van der Waals surface area contributed by atoms with Crippen LogP contribution in [0.15, 0.2) is 27.5 Å². The topological polar surface area (TPSA) is 103 Å². The zero-order chi connectivity index (χ0) is 18.8. The second-order valence-electron chi connectivity index (χ2n) is 5.38. The molecule has 1 aromatic carbocycles. The van der Waals surface area contributed by atoms with Crippen molar-refractivity contribution in [3.8, 4) is 11.4 Å². The van der Waals surface area contributed by atoms with Crippen molar-refractivity contribution in [1.82, 2.24) is 19.9 Å². The number of ether oxygens (including phenoxy) is 1. The lowest BCUT2D eigenvalue weighted by Gasteiger charge is -2.06. The molecule has 0 amide bonds. The van der Waals surface area contributed by atoms with Gasteiger partial charge in [-0.05, 0) is 32.0 Å². The number of hydrogen-bond donors (Lipinski definition) is 1. The second kappa shape index (κ2) is 7.12. The lowest BCUT2D eigenvalue weighted by molar-refractivity contribution is 0.0524. The maximum atomic E-state index is 13.4. The van der Waals surface area contributed by atoms with Crippen LogP contribution in [0.3, 0.4) is 0 Å². The van der Waals surface area contributed by atoms with Gasteiger partial charge in [-0.15, -0.1) is 0 Å². The Balaban J connectivity index is 2.02. The van der Waals surface area contributed by atoms with Crippen LogP contribution in [0.1, 0.15) is 28.7 Å². The van der Waals surface area contributed by atoms with E-state index in [4.69, 9.17) is 20.9 Å². The average molecular weight is 381 g/mol. The fourth-order valence-electron chi connectivity index (χ4n) is 2.47. The molecule has 8 nitrogen and oxygen atoms in total. The van der Waals surface area contributed by atoms with Crippen molar-refractivity contribution in [3.05, 3.63) is 56.5 Å². The summed E-state index contributed by atoms with van der Waals surface area (Å²) in [4.78, 5) is 24.2. The number of nitrogens with one attached hydrogen (secondary N) is 1. The van der Waals surface area contributed by atoms with Crippen LogP contribution in [0, 0.1) is 12.7 Å². The molecule has 0 saturated heterocycles. The molecule has 0 spiro atoms. The van der Waals surface area contributed by atoms with Gasteiger partial charge < -0.3 is 4.74 Å². The molecule has 2 aromatic heterocycles. The Kier molecular flexibility index (Phi) is 4.90.